The molecule has 0 radical (unpaired) electrons. The van der Waals surface area contributed by atoms with E-state index in [9.17, 15) is 4.79 Å². The van der Waals surface area contributed by atoms with Crippen LogP contribution in [-0.2, 0) is 30.7 Å². The van der Waals surface area contributed by atoms with Crippen LogP contribution in [0.15, 0.2) is 47.5 Å². The van der Waals surface area contributed by atoms with Crippen molar-refractivity contribution in [3.63, 3.8) is 0 Å². The van der Waals surface area contributed by atoms with Gasteiger partial charge in [-0.15, -0.1) is 0 Å². The van der Waals surface area contributed by atoms with Crippen molar-refractivity contribution < 1.29 is 4.79 Å². The van der Waals surface area contributed by atoms with Crippen molar-refractivity contribution in [2.24, 2.45) is 4.99 Å². The molecule has 1 fully saturated rings. The summed E-state index contributed by atoms with van der Waals surface area (Å²) >= 11 is 0. The van der Waals surface area contributed by atoms with Crippen molar-refractivity contribution >= 4 is 11.9 Å². The molecule has 0 aromatic heterocycles. The Kier molecular flexibility index (Phi) is 6.90. The molecular formula is C26H34N4O. The van der Waals surface area contributed by atoms with Crippen molar-refractivity contribution in [3.8, 4) is 0 Å². The number of hydrogen-bond acceptors (Lipinski definition) is 2. The van der Waals surface area contributed by atoms with Gasteiger partial charge in [-0.05, 0) is 66.8 Å². The summed E-state index contributed by atoms with van der Waals surface area (Å²) in [5, 5.41) is 6.96. The minimum absolute atomic E-state index is 0.186. The number of carbonyl (C=O) groups excluding carboxylic acids is 1. The van der Waals surface area contributed by atoms with Gasteiger partial charge < -0.3 is 15.5 Å². The number of amides is 1. The number of benzene rings is 2. The van der Waals surface area contributed by atoms with Gasteiger partial charge in [-0.25, -0.2) is 0 Å². The number of carbonyl (C=O) groups is 1. The second-order valence-electron chi connectivity index (χ2n) is 8.77. The normalized spacial score (nSPS) is 17.4. The second kappa shape index (κ2) is 9.99. The van der Waals surface area contributed by atoms with Crippen molar-refractivity contribution in [1.29, 1.82) is 0 Å². The molecule has 5 nitrogen and oxygen atoms in total. The molecule has 164 valence electrons. The highest BCUT2D eigenvalue weighted by molar-refractivity contribution is 5.80. The molecule has 1 aliphatic carbocycles. The van der Waals surface area contributed by atoms with Gasteiger partial charge in [-0.3, -0.25) is 9.79 Å². The average Bonchev–Trinajstić information content (AvgIpc) is 3.20. The van der Waals surface area contributed by atoms with Crippen molar-refractivity contribution in [2.75, 3.05) is 13.6 Å². The van der Waals surface area contributed by atoms with E-state index in [1.807, 2.05) is 11.9 Å². The summed E-state index contributed by atoms with van der Waals surface area (Å²) in [7, 11) is 1.81. The molecule has 5 heteroatoms. The van der Waals surface area contributed by atoms with Crippen LogP contribution in [0.5, 0.6) is 0 Å². The van der Waals surface area contributed by atoms with Crippen molar-refractivity contribution in [2.45, 2.75) is 64.6 Å². The highest BCUT2D eigenvalue weighted by Crippen LogP contribution is 2.24. The standard InChI is InChI=1S/C26H34N4O/c1-19(23-13-12-22-9-3-4-10-24(22)16-23)29-26(27-2)28-17-20-7-5-8-21(15-20)18-30-14-6-11-25(30)31/h5,7-8,12-13,15-16,19H,3-4,6,9-11,14,17-18H2,1-2H3,(H2,27,28,29). The third kappa shape index (κ3) is 5.46. The number of fused-ring (bicyclic) bond motifs is 1. The summed E-state index contributed by atoms with van der Waals surface area (Å²) in [6.45, 7) is 4.46. The summed E-state index contributed by atoms with van der Waals surface area (Å²) in [6.07, 6.45) is 6.68. The van der Waals surface area contributed by atoms with E-state index in [1.54, 1.807) is 0 Å². The Morgan fingerprint density at radius 2 is 1.84 bits per heavy atom. The van der Waals surface area contributed by atoms with Gasteiger partial charge in [-0.1, -0.05) is 42.5 Å². The van der Waals surface area contributed by atoms with Crippen LogP contribution in [0.25, 0.3) is 0 Å². The summed E-state index contributed by atoms with van der Waals surface area (Å²) in [5.41, 5.74) is 6.70. The Morgan fingerprint density at radius 1 is 1.03 bits per heavy atom. The van der Waals surface area contributed by atoms with Crippen LogP contribution in [0.1, 0.15) is 66.5 Å². The Bertz CT molecular complexity index is 952. The number of aliphatic imine (C=N–C) groups is 1. The number of nitrogens with zero attached hydrogens (tertiary/aromatic N) is 2. The summed E-state index contributed by atoms with van der Waals surface area (Å²) < 4.78 is 0. The molecule has 2 aromatic carbocycles. The number of hydrogen-bond donors (Lipinski definition) is 2. The molecule has 0 bridgehead atoms. The van der Waals surface area contributed by atoms with E-state index in [-0.39, 0.29) is 11.9 Å². The fourth-order valence-electron chi connectivity index (χ4n) is 4.62. The van der Waals surface area contributed by atoms with E-state index in [1.165, 1.54) is 53.5 Å². The quantitative estimate of drug-likeness (QED) is 0.548. The first-order valence-electron chi connectivity index (χ1n) is 11.6. The van der Waals surface area contributed by atoms with Gasteiger partial charge in [0.15, 0.2) is 5.96 Å². The van der Waals surface area contributed by atoms with E-state index in [0.717, 1.165) is 18.9 Å². The minimum Gasteiger partial charge on any atom is -0.352 e. The Hall–Kier alpha value is -2.82. The first-order valence-corrected chi connectivity index (χ1v) is 11.6. The topological polar surface area (TPSA) is 56.7 Å². The predicted octanol–water partition coefficient (Wildman–Crippen LogP) is 4.11. The van der Waals surface area contributed by atoms with E-state index in [0.29, 0.717) is 19.5 Å². The maximum atomic E-state index is 11.9. The Labute approximate surface area is 186 Å². The zero-order valence-corrected chi connectivity index (χ0v) is 18.8. The number of aryl methyl sites for hydroxylation is 2. The molecule has 2 aliphatic rings. The van der Waals surface area contributed by atoms with Gasteiger partial charge in [0.1, 0.15) is 0 Å². The molecule has 1 heterocycles. The van der Waals surface area contributed by atoms with E-state index in [4.69, 9.17) is 0 Å². The monoisotopic (exact) mass is 418 g/mol. The van der Waals surface area contributed by atoms with E-state index < -0.39 is 0 Å². The molecule has 31 heavy (non-hydrogen) atoms. The van der Waals surface area contributed by atoms with Gasteiger partial charge in [0.2, 0.25) is 5.91 Å². The molecule has 1 saturated heterocycles. The fourth-order valence-corrected chi connectivity index (χ4v) is 4.62. The number of likely N-dealkylation sites (tertiary alicyclic amines) is 1. The molecule has 2 N–H and O–H groups in total. The second-order valence-corrected chi connectivity index (χ2v) is 8.77. The number of guanidine groups is 1. The van der Waals surface area contributed by atoms with Crippen LogP contribution < -0.4 is 10.6 Å². The lowest BCUT2D eigenvalue weighted by Crippen LogP contribution is -2.38. The van der Waals surface area contributed by atoms with Gasteiger partial charge in [0.05, 0.1) is 6.04 Å². The predicted molar refractivity (Wildman–Crippen MR) is 126 cm³/mol. The van der Waals surface area contributed by atoms with Crippen LogP contribution in [0.3, 0.4) is 0 Å². The molecule has 1 aliphatic heterocycles. The van der Waals surface area contributed by atoms with Gasteiger partial charge >= 0.3 is 0 Å². The van der Waals surface area contributed by atoms with Crippen molar-refractivity contribution in [3.05, 3.63) is 70.3 Å². The lowest BCUT2D eigenvalue weighted by atomic mass is 9.89. The van der Waals surface area contributed by atoms with Crippen LogP contribution in [0.4, 0.5) is 0 Å². The van der Waals surface area contributed by atoms with Gasteiger partial charge in [0, 0.05) is 33.1 Å². The molecule has 4 rings (SSSR count). The molecule has 2 aromatic rings. The van der Waals surface area contributed by atoms with Crippen molar-refractivity contribution in [1.82, 2.24) is 15.5 Å². The van der Waals surface area contributed by atoms with E-state index >= 15 is 0 Å². The Balaban J connectivity index is 1.33. The minimum atomic E-state index is 0.186. The average molecular weight is 419 g/mol. The molecule has 1 amide bonds. The molecule has 0 saturated carbocycles. The van der Waals surface area contributed by atoms with Gasteiger partial charge in [0.25, 0.3) is 0 Å². The lowest BCUT2D eigenvalue weighted by Gasteiger charge is -2.22. The number of nitrogens with one attached hydrogen (secondary N) is 2. The molecule has 0 spiro atoms. The molecule has 1 atom stereocenters. The van der Waals surface area contributed by atoms with Crippen LogP contribution in [-0.4, -0.2) is 30.4 Å². The summed E-state index contributed by atoms with van der Waals surface area (Å²) in [5.74, 6) is 1.06. The third-order valence-electron chi connectivity index (χ3n) is 6.45. The third-order valence-corrected chi connectivity index (χ3v) is 6.45. The highest BCUT2D eigenvalue weighted by Gasteiger charge is 2.20. The first kappa shape index (κ1) is 21.4. The number of rotatable bonds is 6. The lowest BCUT2D eigenvalue weighted by molar-refractivity contribution is -0.128. The fraction of sp³-hybridized carbons (Fsp3) is 0.462. The largest absolute Gasteiger partial charge is 0.352 e. The zero-order valence-electron chi connectivity index (χ0n) is 18.8. The molecular weight excluding hydrogens is 384 g/mol. The van der Waals surface area contributed by atoms with Crippen LogP contribution in [0.2, 0.25) is 0 Å². The van der Waals surface area contributed by atoms with Gasteiger partial charge in [-0.2, -0.15) is 0 Å². The zero-order chi connectivity index (χ0) is 21.6. The summed E-state index contributed by atoms with van der Waals surface area (Å²) in [4.78, 5) is 18.3. The maximum absolute atomic E-state index is 11.9. The Morgan fingerprint density at radius 3 is 2.61 bits per heavy atom. The SMILES string of the molecule is CN=C(NCc1cccc(CN2CCCC2=O)c1)NC(C)c1ccc2c(c1)CCCC2. The first-order chi connectivity index (χ1) is 15.1. The highest BCUT2D eigenvalue weighted by atomic mass is 16.2. The van der Waals surface area contributed by atoms with Crippen LogP contribution in [0, 0.1) is 0 Å². The summed E-state index contributed by atoms with van der Waals surface area (Å²) in [6, 6.07) is 15.6. The maximum Gasteiger partial charge on any atom is 0.222 e. The van der Waals surface area contributed by atoms with E-state index in [2.05, 4.69) is 65.0 Å². The smallest absolute Gasteiger partial charge is 0.222 e. The molecule has 1 unspecified atom stereocenters. The van der Waals surface area contributed by atoms with Crippen LogP contribution >= 0.6 is 0 Å².